The summed E-state index contributed by atoms with van der Waals surface area (Å²) >= 11 is 0. The molecule has 0 aromatic heterocycles. The molecule has 4 aromatic rings. The molecule has 0 spiro atoms. The van der Waals surface area contributed by atoms with E-state index in [0.717, 1.165) is 21.5 Å². The lowest BCUT2D eigenvalue weighted by Crippen LogP contribution is -2.41. The van der Waals surface area contributed by atoms with Gasteiger partial charge in [-0.05, 0) is 74.0 Å². The Bertz CT molecular complexity index is 1550. The third-order valence-electron chi connectivity index (χ3n) is 6.91. The number of amides is 3. The van der Waals surface area contributed by atoms with Crippen molar-refractivity contribution < 1.29 is 19.1 Å². The van der Waals surface area contributed by atoms with Crippen LogP contribution in [0.1, 0.15) is 44.0 Å². The van der Waals surface area contributed by atoms with Gasteiger partial charge in [-0.25, -0.2) is 4.79 Å². The fourth-order valence-electron chi connectivity index (χ4n) is 4.99. The normalized spacial score (nSPS) is 14.3. The first kappa shape index (κ1) is 26.2. The van der Waals surface area contributed by atoms with Gasteiger partial charge in [0.2, 0.25) is 5.91 Å². The number of benzene rings is 4. The number of carbonyl (C=O) groups is 3. The van der Waals surface area contributed by atoms with Crippen molar-refractivity contribution in [2.24, 2.45) is 5.92 Å². The van der Waals surface area contributed by atoms with Crippen molar-refractivity contribution >= 4 is 50.8 Å². The van der Waals surface area contributed by atoms with Crippen LogP contribution in [0.3, 0.4) is 0 Å². The fraction of sp³-hybridized carbons (Fsp3) is 0.281. The number of rotatable bonds is 4. The Morgan fingerprint density at radius 2 is 1.46 bits per heavy atom. The molecule has 200 valence electrons. The van der Waals surface area contributed by atoms with Crippen LogP contribution in [0.15, 0.2) is 78.9 Å². The summed E-state index contributed by atoms with van der Waals surface area (Å²) in [5, 5.41) is 9.75. The van der Waals surface area contributed by atoms with Gasteiger partial charge in [0, 0.05) is 35.6 Å². The third kappa shape index (κ3) is 6.20. The lowest BCUT2D eigenvalue weighted by Gasteiger charge is -2.31. The summed E-state index contributed by atoms with van der Waals surface area (Å²) in [5.74, 6) is -0.314. The smallest absolute Gasteiger partial charge is 0.412 e. The lowest BCUT2D eigenvalue weighted by molar-refractivity contribution is -0.121. The average Bonchev–Trinajstić information content (AvgIpc) is 2.91. The molecule has 1 fully saturated rings. The first-order chi connectivity index (χ1) is 18.7. The van der Waals surface area contributed by atoms with Crippen LogP contribution in [0.5, 0.6) is 0 Å². The monoisotopic (exact) mass is 523 g/mol. The molecule has 0 bridgehead atoms. The van der Waals surface area contributed by atoms with Crippen molar-refractivity contribution in [2.45, 2.75) is 39.2 Å². The molecule has 39 heavy (non-hydrogen) atoms. The summed E-state index contributed by atoms with van der Waals surface area (Å²) in [7, 11) is 0. The van der Waals surface area contributed by atoms with Crippen molar-refractivity contribution in [3.63, 3.8) is 0 Å². The van der Waals surface area contributed by atoms with Gasteiger partial charge in [0.25, 0.3) is 5.91 Å². The van der Waals surface area contributed by atoms with Crippen LogP contribution in [-0.2, 0) is 9.53 Å². The largest absolute Gasteiger partial charge is 0.444 e. The molecule has 4 aromatic carbocycles. The summed E-state index contributed by atoms with van der Waals surface area (Å²) < 4.78 is 5.38. The molecule has 0 atom stereocenters. The highest BCUT2D eigenvalue weighted by molar-refractivity contribution is 6.05. The zero-order valence-electron chi connectivity index (χ0n) is 22.5. The van der Waals surface area contributed by atoms with E-state index in [1.54, 1.807) is 26.8 Å². The molecule has 0 radical (unpaired) electrons. The molecule has 1 aliphatic heterocycles. The van der Waals surface area contributed by atoms with E-state index in [2.05, 4.69) is 10.6 Å². The van der Waals surface area contributed by atoms with E-state index in [1.165, 1.54) is 0 Å². The second kappa shape index (κ2) is 10.8. The maximum absolute atomic E-state index is 13.3. The predicted molar refractivity (Wildman–Crippen MR) is 155 cm³/mol. The molecule has 1 aliphatic rings. The molecule has 0 saturated carbocycles. The number of hydrogen-bond acceptors (Lipinski definition) is 4. The van der Waals surface area contributed by atoms with Gasteiger partial charge in [-0.3, -0.25) is 14.9 Å². The Morgan fingerprint density at radius 3 is 2.18 bits per heavy atom. The Balaban J connectivity index is 1.25. The molecule has 0 aliphatic carbocycles. The summed E-state index contributed by atoms with van der Waals surface area (Å²) in [4.78, 5) is 40.6. The Kier molecular flexibility index (Phi) is 7.24. The van der Waals surface area contributed by atoms with E-state index in [-0.39, 0.29) is 17.7 Å². The van der Waals surface area contributed by atoms with Crippen molar-refractivity contribution in [2.75, 3.05) is 23.7 Å². The maximum atomic E-state index is 13.3. The van der Waals surface area contributed by atoms with Crippen LogP contribution in [0.2, 0.25) is 0 Å². The molecular weight excluding hydrogens is 490 g/mol. The standard InChI is InChI=1S/C32H33N3O4/c1-32(2,3)39-31(38)33-26-19-24-10-6-7-11-27(24)28(20-26)34-29(36)22-14-16-35(17-15-22)30(37)25-13-12-21-8-4-5-9-23(21)18-25/h4-13,18-20,22H,14-17H2,1-3H3,(H,33,38)(H,34,36). The molecular formula is C32H33N3O4. The molecule has 3 amide bonds. The molecule has 1 saturated heterocycles. The Hall–Kier alpha value is -4.39. The molecule has 1 heterocycles. The van der Waals surface area contributed by atoms with Gasteiger partial charge < -0.3 is 15.0 Å². The highest BCUT2D eigenvalue weighted by atomic mass is 16.6. The summed E-state index contributed by atoms with van der Waals surface area (Å²) in [6, 6.07) is 25.0. The van der Waals surface area contributed by atoms with Crippen LogP contribution in [0.25, 0.3) is 21.5 Å². The number of nitrogens with one attached hydrogen (secondary N) is 2. The highest BCUT2D eigenvalue weighted by Crippen LogP contribution is 2.30. The van der Waals surface area contributed by atoms with Crippen LogP contribution >= 0.6 is 0 Å². The maximum Gasteiger partial charge on any atom is 0.412 e. The van der Waals surface area contributed by atoms with E-state index < -0.39 is 11.7 Å². The number of ether oxygens (including phenoxy) is 1. The SMILES string of the molecule is CC(C)(C)OC(=O)Nc1cc(NC(=O)C2CCN(C(=O)c3ccc4ccccc4c3)CC2)c2ccccc2c1. The minimum atomic E-state index is -0.622. The molecule has 7 nitrogen and oxygen atoms in total. The van der Waals surface area contributed by atoms with Gasteiger partial charge in [-0.15, -0.1) is 0 Å². The number of hydrogen-bond donors (Lipinski definition) is 2. The number of piperidine rings is 1. The summed E-state index contributed by atoms with van der Waals surface area (Å²) in [5.41, 5.74) is 1.20. The van der Waals surface area contributed by atoms with E-state index >= 15 is 0 Å². The zero-order chi connectivity index (χ0) is 27.6. The van der Waals surface area contributed by atoms with Gasteiger partial charge in [0.15, 0.2) is 0 Å². The molecule has 7 heteroatoms. The molecule has 2 N–H and O–H groups in total. The number of nitrogens with zero attached hydrogens (tertiary/aromatic N) is 1. The second-order valence-corrected chi connectivity index (χ2v) is 11.0. The summed E-state index contributed by atoms with van der Waals surface area (Å²) in [6.07, 6.45) is 0.608. The van der Waals surface area contributed by atoms with Crippen molar-refractivity contribution in [3.8, 4) is 0 Å². The third-order valence-corrected chi connectivity index (χ3v) is 6.91. The van der Waals surface area contributed by atoms with Crippen LogP contribution in [0.4, 0.5) is 16.2 Å². The van der Waals surface area contributed by atoms with Crippen molar-refractivity contribution in [1.82, 2.24) is 4.90 Å². The van der Waals surface area contributed by atoms with Gasteiger partial charge in [-0.2, -0.15) is 0 Å². The molecule has 5 rings (SSSR count). The van der Waals surface area contributed by atoms with Gasteiger partial charge in [-0.1, -0.05) is 54.6 Å². The van der Waals surface area contributed by atoms with E-state index in [4.69, 9.17) is 4.74 Å². The van der Waals surface area contributed by atoms with Crippen molar-refractivity contribution in [3.05, 3.63) is 84.4 Å². The average molecular weight is 524 g/mol. The Morgan fingerprint density at radius 1 is 0.795 bits per heavy atom. The van der Waals surface area contributed by atoms with E-state index in [0.29, 0.717) is 42.9 Å². The van der Waals surface area contributed by atoms with Gasteiger partial charge in [0.05, 0.1) is 5.69 Å². The first-order valence-corrected chi connectivity index (χ1v) is 13.3. The number of anilines is 2. The molecule has 0 unspecified atom stereocenters. The topological polar surface area (TPSA) is 87.7 Å². The minimum absolute atomic E-state index is 0.00785. The fourth-order valence-corrected chi connectivity index (χ4v) is 4.99. The highest BCUT2D eigenvalue weighted by Gasteiger charge is 2.28. The quantitative estimate of drug-likeness (QED) is 0.307. The van der Waals surface area contributed by atoms with Crippen LogP contribution in [-0.4, -0.2) is 41.5 Å². The van der Waals surface area contributed by atoms with Crippen molar-refractivity contribution in [1.29, 1.82) is 0 Å². The van der Waals surface area contributed by atoms with Crippen LogP contribution < -0.4 is 10.6 Å². The number of carbonyl (C=O) groups excluding carboxylic acids is 3. The predicted octanol–water partition coefficient (Wildman–Crippen LogP) is 6.83. The zero-order valence-corrected chi connectivity index (χ0v) is 22.5. The first-order valence-electron chi connectivity index (χ1n) is 13.3. The van der Waals surface area contributed by atoms with Gasteiger partial charge in [0.1, 0.15) is 5.60 Å². The van der Waals surface area contributed by atoms with Crippen LogP contribution in [0, 0.1) is 5.92 Å². The lowest BCUT2D eigenvalue weighted by atomic mass is 9.95. The number of likely N-dealkylation sites (tertiary alicyclic amines) is 1. The minimum Gasteiger partial charge on any atom is -0.444 e. The number of fused-ring (bicyclic) bond motifs is 2. The van der Waals surface area contributed by atoms with E-state index in [9.17, 15) is 14.4 Å². The van der Waals surface area contributed by atoms with Gasteiger partial charge >= 0.3 is 6.09 Å². The summed E-state index contributed by atoms with van der Waals surface area (Å²) in [6.45, 7) is 6.45. The van der Waals surface area contributed by atoms with E-state index in [1.807, 2.05) is 77.7 Å². The Labute approximate surface area is 228 Å². The second-order valence-electron chi connectivity index (χ2n) is 11.0.